The summed E-state index contributed by atoms with van der Waals surface area (Å²) in [6, 6.07) is 20.4. The summed E-state index contributed by atoms with van der Waals surface area (Å²) in [6.07, 6.45) is 0. The fraction of sp³-hybridized carbons (Fsp3) is 0.0870. The van der Waals surface area contributed by atoms with Crippen molar-refractivity contribution in [2.75, 3.05) is 5.32 Å². The lowest BCUT2D eigenvalue weighted by Gasteiger charge is -2.09. The summed E-state index contributed by atoms with van der Waals surface area (Å²) in [4.78, 5) is 23.4. The molecule has 0 aliphatic heterocycles. The number of carbonyl (C=O) groups excluding carboxylic acids is 1. The second-order valence-electron chi connectivity index (χ2n) is 6.91. The first kappa shape index (κ1) is 22.0. The van der Waals surface area contributed by atoms with Gasteiger partial charge in [0.15, 0.2) is 6.61 Å². The standard InChI is InChI=1S/C23H17ClN4O5/c24-18-9-6-16(7-10-18)22-27-26-21(33-22)14-32-23(29)17-8-11-19(20(12-17)28(30)31)25-13-15-4-2-1-3-5-15/h1-12,25H,13-14H2. The summed E-state index contributed by atoms with van der Waals surface area (Å²) in [5, 5.41) is 22.9. The maximum Gasteiger partial charge on any atom is 0.338 e. The molecule has 0 radical (unpaired) electrons. The molecule has 166 valence electrons. The van der Waals surface area contributed by atoms with E-state index >= 15 is 0 Å². The van der Waals surface area contributed by atoms with Gasteiger partial charge in [0.05, 0.1) is 10.5 Å². The van der Waals surface area contributed by atoms with Crippen molar-refractivity contribution in [3.8, 4) is 11.5 Å². The van der Waals surface area contributed by atoms with E-state index in [1.165, 1.54) is 18.2 Å². The van der Waals surface area contributed by atoms with Gasteiger partial charge >= 0.3 is 5.97 Å². The van der Waals surface area contributed by atoms with Crippen LogP contribution < -0.4 is 5.32 Å². The van der Waals surface area contributed by atoms with Gasteiger partial charge in [-0.25, -0.2) is 4.79 Å². The Bertz CT molecular complexity index is 1280. The van der Waals surface area contributed by atoms with Crippen LogP contribution in [-0.2, 0) is 17.9 Å². The van der Waals surface area contributed by atoms with Crippen LogP contribution in [-0.4, -0.2) is 21.1 Å². The maximum absolute atomic E-state index is 12.4. The lowest BCUT2D eigenvalue weighted by molar-refractivity contribution is -0.384. The van der Waals surface area contributed by atoms with Crippen molar-refractivity contribution in [2.45, 2.75) is 13.2 Å². The highest BCUT2D eigenvalue weighted by molar-refractivity contribution is 6.30. The number of ether oxygens (including phenoxy) is 1. The molecule has 1 aromatic heterocycles. The number of aromatic nitrogens is 2. The van der Waals surface area contributed by atoms with Gasteiger partial charge in [-0.1, -0.05) is 41.9 Å². The monoisotopic (exact) mass is 464 g/mol. The number of rotatable bonds is 8. The molecule has 4 rings (SSSR count). The maximum atomic E-state index is 12.4. The minimum absolute atomic E-state index is 0.0319. The average Bonchev–Trinajstić information content (AvgIpc) is 3.31. The number of anilines is 1. The number of nitrogens with zero attached hydrogens (tertiary/aromatic N) is 3. The van der Waals surface area contributed by atoms with Crippen molar-refractivity contribution < 1.29 is 18.9 Å². The van der Waals surface area contributed by atoms with Gasteiger partial charge in [0.2, 0.25) is 5.89 Å². The summed E-state index contributed by atoms with van der Waals surface area (Å²) >= 11 is 5.86. The summed E-state index contributed by atoms with van der Waals surface area (Å²) in [7, 11) is 0. The van der Waals surface area contributed by atoms with Gasteiger partial charge < -0.3 is 14.5 Å². The number of nitrogens with one attached hydrogen (secondary N) is 1. The Morgan fingerprint density at radius 2 is 1.82 bits per heavy atom. The van der Waals surface area contributed by atoms with Crippen LogP contribution in [0.4, 0.5) is 11.4 Å². The number of carbonyl (C=O) groups is 1. The first-order chi connectivity index (χ1) is 16.0. The molecule has 1 heterocycles. The SMILES string of the molecule is O=C(OCc1nnc(-c2ccc(Cl)cc2)o1)c1ccc(NCc2ccccc2)c([N+](=O)[O-])c1. The molecule has 0 unspecified atom stereocenters. The predicted octanol–water partition coefficient (Wildman–Crippen LogP) is 5.27. The van der Waals surface area contributed by atoms with E-state index in [-0.39, 0.29) is 29.6 Å². The van der Waals surface area contributed by atoms with E-state index in [9.17, 15) is 14.9 Å². The molecule has 33 heavy (non-hydrogen) atoms. The van der Waals surface area contributed by atoms with Crippen LogP contribution >= 0.6 is 11.6 Å². The van der Waals surface area contributed by atoms with E-state index in [4.69, 9.17) is 20.8 Å². The van der Waals surface area contributed by atoms with Gasteiger partial charge in [-0.3, -0.25) is 10.1 Å². The van der Waals surface area contributed by atoms with Crippen LogP contribution in [0.2, 0.25) is 5.02 Å². The third-order valence-corrected chi connectivity index (χ3v) is 4.89. The van der Waals surface area contributed by atoms with E-state index in [0.717, 1.165) is 5.56 Å². The van der Waals surface area contributed by atoms with Gasteiger partial charge in [0.1, 0.15) is 5.69 Å². The van der Waals surface area contributed by atoms with Crippen LogP contribution in [0.25, 0.3) is 11.5 Å². The molecule has 0 amide bonds. The highest BCUT2D eigenvalue weighted by Crippen LogP contribution is 2.27. The number of hydrogen-bond acceptors (Lipinski definition) is 8. The van der Waals surface area contributed by atoms with Gasteiger partial charge in [-0.2, -0.15) is 0 Å². The number of hydrogen-bond donors (Lipinski definition) is 1. The molecule has 0 spiro atoms. The highest BCUT2D eigenvalue weighted by Gasteiger charge is 2.19. The molecule has 4 aromatic rings. The van der Waals surface area contributed by atoms with E-state index in [1.807, 2.05) is 30.3 Å². The Morgan fingerprint density at radius 1 is 1.06 bits per heavy atom. The number of esters is 1. The Morgan fingerprint density at radius 3 is 2.55 bits per heavy atom. The molecule has 0 saturated heterocycles. The van der Waals surface area contributed by atoms with Gasteiger partial charge in [0, 0.05) is 23.2 Å². The first-order valence-electron chi connectivity index (χ1n) is 9.81. The fourth-order valence-corrected chi connectivity index (χ4v) is 3.11. The van der Waals surface area contributed by atoms with Gasteiger partial charge in [-0.15, -0.1) is 10.2 Å². The number of halogens is 1. The minimum atomic E-state index is -0.751. The van der Waals surface area contributed by atoms with Crippen molar-refractivity contribution >= 4 is 28.9 Å². The molecular weight excluding hydrogens is 448 g/mol. The predicted molar refractivity (Wildman–Crippen MR) is 121 cm³/mol. The number of nitro groups is 1. The lowest BCUT2D eigenvalue weighted by Crippen LogP contribution is -2.08. The van der Waals surface area contributed by atoms with Gasteiger partial charge in [-0.05, 0) is 42.0 Å². The summed E-state index contributed by atoms with van der Waals surface area (Å²) in [6.45, 7) is 0.125. The summed E-state index contributed by atoms with van der Waals surface area (Å²) < 4.78 is 10.7. The molecule has 0 aliphatic rings. The molecule has 0 atom stereocenters. The molecule has 9 nitrogen and oxygen atoms in total. The van der Waals surface area contributed by atoms with Crippen molar-refractivity contribution in [2.24, 2.45) is 0 Å². The van der Waals surface area contributed by atoms with E-state index < -0.39 is 10.9 Å². The zero-order chi connectivity index (χ0) is 23.2. The molecular formula is C23H17ClN4O5. The van der Waals surface area contributed by atoms with Crippen molar-refractivity contribution in [1.29, 1.82) is 0 Å². The Labute approximate surface area is 193 Å². The van der Waals surface area contributed by atoms with Crippen LogP contribution in [0.1, 0.15) is 21.8 Å². The largest absolute Gasteiger partial charge is 0.452 e. The first-order valence-corrected chi connectivity index (χ1v) is 10.2. The van der Waals surface area contributed by atoms with Crippen molar-refractivity contribution in [3.63, 3.8) is 0 Å². The Kier molecular flexibility index (Phi) is 6.61. The zero-order valence-corrected chi connectivity index (χ0v) is 17.9. The third kappa shape index (κ3) is 5.52. The molecule has 1 N–H and O–H groups in total. The summed E-state index contributed by atoms with van der Waals surface area (Å²) in [5.41, 5.74) is 1.73. The highest BCUT2D eigenvalue weighted by atomic mass is 35.5. The molecule has 0 fully saturated rings. The quantitative estimate of drug-likeness (QED) is 0.213. The molecule has 10 heteroatoms. The van der Waals surface area contributed by atoms with Crippen LogP contribution in [0.5, 0.6) is 0 Å². The molecule has 0 bridgehead atoms. The topological polar surface area (TPSA) is 120 Å². The second kappa shape index (κ2) is 9.92. The summed E-state index contributed by atoms with van der Waals surface area (Å²) in [5.74, 6) is -0.412. The van der Waals surface area contributed by atoms with Crippen LogP contribution in [0.3, 0.4) is 0 Å². The average molecular weight is 465 g/mol. The van der Waals surface area contributed by atoms with Crippen molar-refractivity contribution in [1.82, 2.24) is 10.2 Å². The lowest BCUT2D eigenvalue weighted by atomic mass is 10.1. The smallest absolute Gasteiger partial charge is 0.338 e. The van der Waals surface area contributed by atoms with E-state index in [2.05, 4.69) is 15.5 Å². The fourth-order valence-electron chi connectivity index (χ4n) is 2.98. The third-order valence-electron chi connectivity index (χ3n) is 4.64. The van der Waals surface area contributed by atoms with Crippen LogP contribution in [0.15, 0.2) is 77.2 Å². The van der Waals surface area contributed by atoms with Gasteiger partial charge in [0.25, 0.3) is 11.6 Å². The molecule has 3 aromatic carbocycles. The number of benzene rings is 3. The molecule has 0 aliphatic carbocycles. The Hall–Kier alpha value is -4.24. The zero-order valence-electron chi connectivity index (χ0n) is 17.1. The second-order valence-corrected chi connectivity index (χ2v) is 7.35. The normalized spacial score (nSPS) is 10.6. The van der Waals surface area contributed by atoms with Crippen LogP contribution in [0, 0.1) is 10.1 Å². The Balaban J connectivity index is 1.41. The minimum Gasteiger partial charge on any atom is -0.452 e. The van der Waals surface area contributed by atoms with E-state index in [1.54, 1.807) is 24.3 Å². The molecule has 0 saturated carbocycles. The number of nitro benzene ring substituents is 1. The van der Waals surface area contributed by atoms with E-state index in [0.29, 0.717) is 22.8 Å². The van der Waals surface area contributed by atoms with Crippen molar-refractivity contribution in [3.05, 3.63) is 105 Å².